The number of carbonyl (C=O) groups is 1. The van der Waals surface area contributed by atoms with E-state index in [9.17, 15) is 4.79 Å². The summed E-state index contributed by atoms with van der Waals surface area (Å²) in [6.45, 7) is 3.72. The second kappa shape index (κ2) is 12.6. The van der Waals surface area contributed by atoms with E-state index in [1.54, 1.807) is 6.26 Å². The zero-order valence-corrected chi connectivity index (χ0v) is 23.7. The predicted molar refractivity (Wildman–Crippen MR) is 166 cm³/mol. The molecule has 0 saturated carbocycles. The number of hydrogen-bond acceptors (Lipinski definition) is 3. The maximum Gasteiger partial charge on any atom is 0.221 e. The lowest BCUT2D eigenvalue weighted by Gasteiger charge is -2.18. The number of hydrogen-bond donors (Lipinski definition) is 1. The van der Waals surface area contributed by atoms with Gasteiger partial charge in [0.2, 0.25) is 5.91 Å². The zero-order valence-electron chi connectivity index (χ0n) is 23.7. The third-order valence-electron chi connectivity index (χ3n) is 7.63. The number of benzene rings is 4. The van der Waals surface area contributed by atoms with Crippen LogP contribution in [0.25, 0.3) is 10.9 Å². The second-order valence-corrected chi connectivity index (χ2v) is 10.7. The molecule has 0 spiro atoms. The number of nitrogens with one attached hydrogen (secondary N) is 1. The van der Waals surface area contributed by atoms with Crippen LogP contribution in [0.4, 0.5) is 0 Å². The summed E-state index contributed by atoms with van der Waals surface area (Å²) in [5, 5.41) is 4.19. The van der Waals surface area contributed by atoms with E-state index >= 15 is 0 Å². The van der Waals surface area contributed by atoms with Crippen LogP contribution in [-0.4, -0.2) is 10.5 Å². The second-order valence-electron chi connectivity index (χ2n) is 10.7. The molecule has 0 aliphatic heterocycles. The van der Waals surface area contributed by atoms with E-state index in [2.05, 4.69) is 95.8 Å². The molecule has 2 heterocycles. The van der Waals surface area contributed by atoms with Crippen molar-refractivity contribution in [2.24, 2.45) is 0 Å². The Balaban J connectivity index is 1.30. The fourth-order valence-electron chi connectivity index (χ4n) is 5.37. The van der Waals surface area contributed by atoms with Crippen LogP contribution in [0.1, 0.15) is 45.9 Å². The molecular weight excluding hydrogens is 520 g/mol. The van der Waals surface area contributed by atoms with Crippen molar-refractivity contribution in [2.75, 3.05) is 0 Å². The number of aromatic nitrogens is 1. The van der Waals surface area contributed by atoms with Gasteiger partial charge >= 0.3 is 0 Å². The molecule has 0 fully saturated rings. The van der Waals surface area contributed by atoms with E-state index in [0.29, 0.717) is 19.6 Å². The Morgan fingerprint density at radius 3 is 2.36 bits per heavy atom. The average molecular weight is 555 g/mol. The number of furan rings is 1. The first-order valence-corrected chi connectivity index (χ1v) is 14.3. The lowest BCUT2D eigenvalue weighted by Crippen LogP contribution is -2.24. The quantitative estimate of drug-likeness (QED) is 0.176. The van der Waals surface area contributed by atoms with Gasteiger partial charge < -0.3 is 19.0 Å². The van der Waals surface area contributed by atoms with Crippen LogP contribution in [-0.2, 0) is 24.5 Å². The van der Waals surface area contributed by atoms with Gasteiger partial charge in [0.1, 0.15) is 18.1 Å². The monoisotopic (exact) mass is 554 g/mol. The Labute approximate surface area is 246 Å². The average Bonchev–Trinajstić information content (AvgIpc) is 3.68. The molecule has 0 aliphatic rings. The van der Waals surface area contributed by atoms with Crippen LogP contribution in [0, 0.1) is 6.92 Å². The van der Waals surface area contributed by atoms with E-state index < -0.39 is 0 Å². The molecule has 0 saturated heterocycles. The Kier molecular flexibility index (Phi) is 8.18. The smallest absolute Gasteiger partial charge is 0.221 e. The largest absolute Gasteiger partial charge is 0.489 e. The van der Waals surface area contributed by atoms with Crippen molar-refractivity contribution in [3.63, 3.8) is 0 Å². The zero-order chi connectivity index (χ0) is 28.7. The van der Waals surface area contributed by atoms with E-state index in [4.69, 9.17) is 9.15 Å². The molecule has 4 aromatic carbocycles. The molecule has 1 N–H and O–H groups in total. The number of nitrogens with zero attached hydrogens (tertiary/aromatic N) is 1. The third-order valence-corrected chi connectivity index (χ3v) is 7.63. The van der Waals surface area contributed by atoms with Gasteiger partial charge in [-0.05, 0) is 59.5 Å². The first-order chi connectivity index (χ1) is 20.6. The van der Waals surface area contributed by atoms with Gasteiger partial charge in [0.05, 0.1) is 12.8 Å². The van der Waals surface area contributed by atoms with E-state index in [1.165, 1.54) is 11.1 Å². The fourth-order valence-corrected chi connectivity index (χ4v) is 5.37. The van der Waals surface area contributed by atoms with Crippen LogP contribution in [0.3, 0.4) is 0 Å². The first-order valence-electron chi connectivity index (χ1n) is 14.3. The molecular formula is C37H34N2O3. The molecule has 1 unspecified atom stereocenters. The van der Waals surface area contributed by atoms with Gasteiger partial charge in [0.15, 0.2) is 0 Å². The van der Waals surface area contributed by atoms with Crippen molar-refractivity contribution in [2.45, 2.75) is 39.0 Å². The minimum Gasteiger partial charge on any atom is -0.489 e. The highest BCUT2D eigenvalue weighted by atomic mass is 16.5. The first kappa shape index (κ1) is 27.2. The maximum atomic E-state index is 13.3. The molecule has 210 valence electrons. The van der Waals surface area contributed by atoms with E-state index in [1.807, 2.05) is 42.5 Å². The minimum absolute atomic E-state index is 0.0313. The SMILES string of the molecule is Cc1ccc(Cn2cc(C(CC(=O)NCc3ccco3)c3ccc(OCc4ccccc4)cc3)c3ccccc32)cc1. The van der Waals surface area contributed by atoms with Gasteiger partial charge in [-0.15, -0.1) is 0 Å². The molecule has 1 amide bonds. The normalized spacial score (nSPS) is 11.8. The van der Waals surface area contributed by atoms with Gasteiger partial charge in [-0.2, -0.15) is 0 Å². The van der Waals surface area contributed by atoms with Gasteiger partial charge in [-0.25, -0.2) is 0 Å². The molecule has 2 aromatic heterocycles. The molecule has 6 aromatic rings. The Hall–Kier alpha value is -5.03. The summed E-state index contributed by atoms with van der Waals surface area (Å²) < 4.78 is 13.8. The number of carbonyl (C=O) groups excluding carboxylic acids is 1. The number of para-hydroxylation sites is 1. The summed E-state index contributed by atoms with van der Waals surface area (Å²) in [4.78, 5) is 13.3. The summed E-state index contributed by atoms with van der Waals surface area (Å²) in [7, 11) is 0. The van der Waals surface area contributed by atoms with Crippen molar-refractivity contribution >= 4 is 16.8 Å². The third kappa shape index (κ3) is 6.47. The topological polar surface area (TPSA) is 56.4 Å². The molecule has 0 radical (unpaired) electrons. The molecule has 6 rings (SSSR count). The lowest BCUT2D eigenvalue weighted by atomic mass is 9.88. The minimum atomic E-state index is -0.144. The fraction of sp³-hybridized carbons (Fsp3) is 0.162. The van der Waals surface area contributed by atoms with Gasteiger partial charge in [-0.1, -0.05) is 90.5 Å². The summed E-state index contributed by atoms with van der Waals surface area (Å²) in [5.41, 5.74) is 6.94. The standard InChI is InChI=1S/C37H34N2O3/c1-27-13-15-28(16-14-27)24-39-25-35(33-11-5-6-12-36(33)39)34(22-37(40)38-23-32-10-7-21-41-32)30-17-19-31(20-18-30)42-26-29-8-3-2-4-9-29/h2-21,25,34H,22-24,26H2,1H3,(H,38,40). The maximum absolute atomic E-state index is 13.3. The van der Waals surface area contributed by atoms with Crippen molar-refractivity contribution in [1.29, 1.82) is 0 Å². The molecule has 0 aliphatic carbocycles. The molecule has 5 heteroatoms. The van der Waals surface area contributed by atoms with Crippen molar-refractivity contribution in [3.05, 3.63) is 161 Å². The highest BCUT2D eigenvalue weighted by Crippen LogP contribution is 2.36. The van der Waals surface area contributed by atoms with Crippen molar-refractivity contribution in [1.82, 2.24) is 9.88 Å². The number of aryl methyl sites for hydroxylation is 1. The van der Waals surface area contributed by atoms with Crippen molar-refractivity contribution in [3.8, 4) is 5.75 Å². The summed E-state index contributed by atoms with van der Waals surface area (Å²) in [6.07, 6.45) is 4.15. The number of ether oxygens (including phenoxy) is 1. The number of rotatable bonds is 11. The predicted octanol–water partition coefficient (Wildman–Crippen LogP) is 8.01. The molecule has 0 bridgehead atoms. The van der Waals surface area contributed by atoms with Crippen LogP contribution in [0.5, 0.6) is 5.75 Å². The summed E-state index contributed by atoms with van der Waals surface area (Å²) in [6, 6.07) is 39.1. The summed E-state index contributed by atoms with van der Waals surface area (Å²) in [5.74, 6) is 1.35. The van der Waals surface area contributed by atoms with E-state index in [-0.39, 0.29) is 11.8 Å². The van der Waals surface area contributed by atoms with E-state index in [0.717, 1.165) is 45.6 Å². The van der Waals surface area contributed by atoms with Crippen LogP contribution >= 0.6 is 0 Å². The van der Waals surface area contributed by atoms with Gasteiger partial charge in [0, 0.05) is 36.0 Å². The molecule has 1 atom stereocenters. The van der Waals surface area contributed by atoms with Crippen LogP contribution in [0.15, 0.2) is 132 Å². The van der Waals surface area contributed by atoms with Crippen LogP contribution in [0.2, 0.25) is 0 Å². The molecule has 5 nitrogen and oxygen atoms in total. The summed E-state index contributed by atoms with van der Waals surface area (Å²) >= 11 is 0. The Morgan fingerprint density at radius 2 is 1.60 bits per heavy atom. The highest BCUT2D eigenvalue weighted by molar-refractivity contribution is 5.86. The van der Waals surface area contributed by atoms with Crippen LogP contribution < -0.4 is 10.1 Å². The highest BCUT2D eigenvalue weighted by Gasteiger charge is 2.23. The Morgan fingerprint density at radius 1 is 0.833 bits per heavy atom. The van der Waals surface area contributed by atoms with Gasteiger partial charge in [0.25, 0.3) is 0 Å². The van der Waals surface area contributed by atoms with Crippen molar-refractivity contribution < 1.29 is 13.9 Å². The lowest BCUT2D eigenvalue weighted by molar-refractivity contribution is -0.121. The number of amides is 1. The Bertz CT molecular complexity index is 1740. The number of fused-ring (bicyclic) bond motifs is 1. The van der Waals surface area contributed by atoms with Gasteiger partial charge in [-0.3, -0.25) is 4.79 Å². The molecule has 42 heavy (non-hydrogen) atoms.